The van der Waals surface area contributed by atoms with E-state index in [1.54, 1.807) is 6.08 Å². The van der Waals surface area contributed by atoms with Crippen molar-refractivity contribution in [3.05, 3.63) is 42.0 Å². The summed E-state index contributed by atoms with van der Waals surface area (Å²) in [5.74, 6) is 5.88. The second kappa shape index (κ2) is 9.50. The molecule has 0 saturated heterocycles. The largest absolute Gasteiger partial charge is 0.377 e. The molecule has 0 amide bonds. The summed E-state index contributed by atoms with van der Waals surface area (Å²) in [6, 6.07) is 9.93. The van der Waals surface area contributed by atoms with Crippen LogP contribution in [0.5, 0.6) is 0 Å². The van der Waals surface area contributed by atoms with Gasteiger partial charge in [-0.3, -0.25) is 0 Å². The maximum Gasteiger partial charge on any atom is 0.133 e. The zero-order chi connectivity index (χ0) is 13.1. The smallest absolute Gasteiger partial charge is 0.133 e. The minimum Gasteiger partial charge on any atom is -0.377 e. The first-order valence-electron chi connectivity index (χ1n) is 6.72. The number of rotatable bonds is 6. The molecule has 0 saturated carbocycles. The summed E-state index contributed by atoms with van der Waals surface area (Å²) >= 11 is 0. The van der Waals surface area contributed by atoms with Gasteiger partial charge in [0.05, 0.1) is 0 Å². The van der Waals surface area contributed by atoms with Gasteiger partial charge in [0.1, 0.15) is 6.10 Å². The fourth-order valence-electron chi connectivity index (χ4n) is 1.63. The van der Waals surface area contributed by atoms with E-state index in [9.17, 15) is 5.11 Å². The summed E-state index contributed by atoms with van der Waals surface area (Å²) < 4.78 is 0. The van der Waals surface area contributed by atoms with Crippen LogP contribution >= 0.6 is 0 Å². The average Bonchev–Trinajstić information content (AvgIpc) is 2.41. The first kappa shape index (κ1) is 14.5. The highest BCUT2D eigenvalue weighted by Crippen LogP contribution is 2.03. The molecule has 1 heteroatoms. The Morgan fingerprint density at radius 1 is 1.17 bits per heavy atom. The molecule has 0 aliphatic rings. The molecule has 1 rings (SSSR count). The summed E-state index contributed by atoms with van der Waals surface area (Å²) in [4.78, 5) is 0. The van der Waals surface area contributed by atoms with E-state index in [4.69, 9.17) is 0 Å². The zero-order valence-corrected chi connectivity index (χ0v) is 11.1. The molecule has 0 aliphatic carbocycles. The maximum atomic E-state index is 9.65. The van der Waals surface area contributed by atoms with Crippen LogP contribution in [0.15, 0.2) is 36.4 Å². The third-order valence-corrected chi connectivity index (χ3v) is 2.68. The van der Waals surface area contributed by atoms with Gasteiger partial charge in [-0.1, -0.05) is 68.5 Å². The predicted molar refractivity (Wildman–Crippen MR) is 78.0 cm³/mol. The Morgan fingerprint density at radius 2 is 1.94 bits per heavy atom. The second-order valence-electron chi connectivity index (χ2n) is 4.35. The van der Waals surface area contributed by atoms with Crippen molar-refractivity contribution in [2.75, 3.05) is 0 Å². The lowest BCUT2D eigenvalue weighted by Gasteiger charge is -1.95. The standard InChI is InChI=1S/C17H22O/c1-2-3-4-5-6-10-13-17(18)15-14-16-11-8-7-9-12-16/h7-9,11-12,14-15,17-18H,2-6H2,1H3/b15-14+. The van der Waals surface area contributed by atoms with E-state index in [1.165, 1.54) is 19.3 Å². The van der Waals surface area contributed by atoms with Gasteiger partial charge < -0.3 is 5.11 Å². The summed E-state index contributed by atoms with van der Waals surface area (Å²) in [5, 5.41) is 9.65. The van der Waals surface area contributed by atoms with Crippen molar-refractivity contribution >= 4 is 6.08 Å². The minimum atomic E-state index is -0.656. The summed E-state index contributed by atoms with van der Waals surface area (Å²) in [6.45, 7) is 2.20. The van der Waals surface area contributed by atoms with Crippen molar-refractivity contribution in [2.24, 2.45) is 0 Å². The SMILES string of the molecule is CCCCCCC#CC(O)/C=C/c1ccccc1. The summed E-state index contributed by atoms with van der Waals surface area (Å²) in [6.07, 6.45) is 8.75. The van der Waals surface area contributed by atoms with Crippen molar-refractivity contribution in [1.29, 1.82) is 0 Å². The van der Waals surface area contributed by atoms with E-state index in [0.29, 0.717) is 0 Å². The number of unbranched alkanes of at least 4 members (excludes halogenated alkanes) is 4. The molecular weight excluding hydrogens is 220 g/mol. The lowest BCUT2D eigenvalue weighted by Crippen LogP contribution is -1.96. The van der Waals surface area contributed by atoms with E-state index >= 15 is 0 Å². The van der Waals surface area contributed by atoms with Gasteiger partial charge >= 0.3 is 0 Å². The molecule has 0 heterocycles. The van der Waals surface area contributed by atoms with Crippen molar-refractivity contribution in [3.63, 3.8) is 0 Å². The van der Waals surface area contributed by atoms with Gasteiger partial charge in [0.15, 0.2) is 0 Å². The van der Waals surface area contributed by atoms with E-state index in [2.05, 4.69) is 18.8 Å². The van der Waals surface area contributed by atoms with E-state index in [0.717, 1.165) is 18.4 Å². The highest BCUT2D eigenvalue weighted by molar-refractivity contribution is 5.50. The fraction of sp³-hybridized carbons (Fsp3) is 0.412. The molecular formula is C17H22O. The second-order valence-corrected chi connectivity index (χ2v) is 4.35. The number of hydrogen-bond acceptors (Lipinski definition) is 1. The van der Waals surface area contributed by atoms with Crippen LogP contribution in [0.4, 0.5) is 0 Å². The van der Waals surface area contributed by atoms with E-state index < -0.39 is 6.10 Å². The van der Waals surface area contributed by atoms with Gasteiger partial charge in [-0.25, -0.2) is 0 Å². The molecule has 0 fully saturated rings. The van der Waals surface area contributed by atoms with Gasteiger partial charge in [0.2, 0.25) is 0 Å². The number of hydrogen-bond donors (Lipinski definition) is 1. The molecule has 18 heavy (non-hydrogen) atoms. The van der Waals surface area contributed by atoms with Gasteiger partial charge in [-0.15, -0.1) is 5.92 Å². The molecule has 1 N–H and O–H groups in total. The number of aliphatic hydroxyl groups excluding tert-OH is 1. The van der Waals surface area contributed by atoms with Crippen molar-refractivity contribution in [1.82, 2.24) is 0 Å². The van der Waals surface area contributed by atoms with Gasteiger partial charge in [-0.05, 0) is 18.1 Å². The first-order valence-corrected chi connectivity index (χ1v) is 6.72. The molecule has 1 aromatic carbocycles. The highest BCUT2D eigenvalue weighted by atomic mass is 16.3. The molecule has 0 radical (unpaired) electrons. The van der Waals surface area contributed by atoms with Crippen molar-refractivity contribution in [3.8, 4) is 11.8 Å². The summed E-state index contributed by atoms with van der Waals surface area (Å²) in [7, 11) is 0. The lowest BCUT2D eigenvalue weighted by atomic mass is 10.1. The molecule has 0 aromatic heterocycles. The third kappa shape index (κ3) is 6.93. The number of benzene rings is 1. The maximum absolute atomic E-state index is 9.65. The Labute approximate surface area is 111 Å². The van der Waals surface area contributed by atoms with Crippen LogP contribution in [-0.2, 0) is 0 Å². The quantitative estimate of drug-likeness (QED) is 0.589. The Balaban J connectivity index is 2.27. The highest BCUT2D eigenvalue weighted by Gasteiger charge is 1.91. The molecule has 0 aliphatic heterocycles. The van der Waals surface area contributed by atoms with E-state index in [-0.39, 0.29) is 0 Å². The topological polar surface area (TPSA) is 20.2 Å². The predicted octanol–water partition coefficient (Wildman–Crippen LogP) is 4.03. The van der Waals surface area contributed by atoms with Crippen LogP contribution in [0.2, 0.25) is 0 Å². The lowest BCUT2D eigenvalue weighted by molar-refractivity contribution is 0.281. The third-order valence-electron chi connectivity index (χ3n) is 2.68. The van der Waals surface area contributed by atoms with Gasteiger partial charge in [0.25, 0.3) is 0 Å². The summed E-state index contributed by atoms with van der Waals surface area (Å²) in [5.41, 5.74) is 1.08. The first-order chi connectivity index (χ1) is 8.83. The van der Waals surface area contributed by atoms with Crippen LogP contribution in [0.3, 0.4) is 0 Å². The van der Waals surface area contributed by atoms with Crippen LogP contribution in [-0.4, -0.2) is 11.2 Å². The minimum absolute atomic E-state index is 0.656. The molecule has 1 unspecified atom stereocenters. The van der Waals surface area contributed by atoms with Crippen LogP contribution < -0.4 is 0 Å². The van der Waals surface area contributed by atoms with Crippen LogP contribution in [0.1, 0.15) is 44.6 Å². The molecule has 96 valence electrons. The van der Waals surface area contributed by atoms with E-state index in [1.807, 2.05) is 36.4 Å². The molecule has 0 spiro atoms. The molecule has 1 atom stereocenters. The van der Waals surface area contributed by atoms with Crippen LogP contribution in [0, 0.1) is 11.8 Å². The van der Waals surface area contributed by atoms with Crippen LogP contribution in [0.25, 0.3) is 6.08 Å². The zero-order valence-electron chi connectivity index (χ0n) is 11.1. The Hall–Kier alpha value is -1.52. The number of aliphatic hydroxyl groups is 1. The van der Waals surface area contributed by atoms with Gasteiger partial charge in [-0.2, -0.15) is 0 Å². The van der Waals surface area contributed by atoms with Gasteiger partial charge in [0, 0.05) is 6.42 Å². The monoisotopic (exact) mass is 242 g/mol. The molecule has 1 aromatic rings. The Bertz CT molecular complexity index is 395. The van der Waals surface area contributed by atoms with Crippen molar-refractivity contribution in [2.45, 2.75) is 45.1 Å². The average molecular weight is 242 g/mol. The molecule has 0 bridgehead atoms. The Kier molecular flexibility index (Phi) is 7.68. The Morgan fingerprint density at radius 3 is 2.67 bits per heavy atom. The molecule has 1 nitrogen and oxygen atoms in total. The normalized spacial score (nSPS) is 12.1. The fourth-order valence-corrected chi connectivity index (χ4v) is 1.63. The van der Waals surface area contributed by atoms with Crippen molar-refractivity contribution < 1.29 is 5.11 Å².